The summed E-state index contributed by atoms with van der Waals surface area (Å²) in [6.45, 7) is 1.81. The van der Waals surface area contributed by atoms with Gasteiger partial charge in [0.1, 0.15) is 5.69 Å². The van der Waals surface area contributed by atoms with E-state index in [2.05, 4.69) is 9.69 Å². The molecule has 2 N–H and O–H groups in total. The first-order valence-corrected chi connectivity index (χ1v) is 4.39. The zero-order chi connectivity index (χ0) is 9.84. The fraction of sp³-hybridized carbons (Fsp3) is 0.500. The molecule has 0 atom stereocenters. The van der Waals surface area contributed by atoms with E-state index in [9.17, 15) is 10.1 Å². The minimum absolute atomic E-state index is 0.00144. The molecule has 6 nitrogen and oxygen atoms in total. The van der Waals surface area contributed by atoms with Gasteiger partial charge < -0.3 is 10.4 Å². The van der Waals surface area contributed by atoms with E-state index in [0.29, 0.717) is 17.2 Å². The van der Waals surface area contributed by atoms with Crippen molar-refractivity contribution in [1.82, 2.24) is 4.37 Å². The van der Waals surface area contributed by atoms with E-state index in [1.807, 2.05) is 0 Å². The van der Waals surface area contributed by atoms with Gasteiger partial charge in [0.15, 0.2) is 5.00 Å². The predicted molar refractivity (Wildman–Crippen MR) is 49.1 cm³/mol. The molecule has 13 heavy (non-hydrogen) atoms. The highest BCUT2D eigenvalue weighted by molar-refractivity contribution is 7.10. The lowest BCUT2D eigenvalue weighted by Gasteiger charge is -1.98. The molecule has 0 saturated carbocycles. The van der Waals surface area contributed by atoms with E-state index >= 15 is 0 Å². The maximum atomic E-state index is 10.5. The summed E-state index contributed by atoms with van der Waals surface area (Å²) in [6.07, 6.45) is 0. The van der Waals surface area contributed by atoms with Crippen LogP contribution in [0.15, 0.2) is 0 Å². The topological polar surface area (TPSA) is 88.3 Å². The molecular formula is C6H9N3O3S. The zero-order valence-corrected chi connectivity index (χ0v) is 7.80. The van der Waals surface area contributed by atoms with E-state index in [0.717, 1.165) is 11.5 Å². The van der Waals surface area contributed by atoms with Gasteiger partial charge in [-0.05, 0) is 18.5 Å². The second kappa shape index (κ2) is 4.15. The molecule has 0 fully saturated rings. The summed E-state index contributed by atoms with van der Waals surface area (Å²) >= 11 is 1.03. The first-order valence-electron chi connectivity index (χ1n) is 3.62. The molecule has 1 rings (SSSR count). The molecule has 1 aromatic rings. The lowest BCUT2D eigenvalue weighted by Crippen LogP contribution is -2.05. The highest BCUT2D eigenvalue weighted by Crippen LogP contribution is 2.31. The molecule has 0 bridgehead atoms. The fourth-order valence-electron chi connectivity index (χ4n) is 0.865. The van der Waals surface area contributed by atoms with Crippen LogP contribution in [-0.4, -0.2) is 27.6 Å². The summed E-state index contributed by atoms with van der Waals surface area (Å²) < 4.78 is 3.85. The summed E-state index contributed by atoms with van der Waals surface area (Å²) in [5.74, 6) is 0. The van der Waals surface area contributed by atoms with Crippen LogP contribution in [0.3, 0.4) is 0 Å². The second-order valence-corrected chi connectivity index (χ2v) is 3.13. The van der Waals surface area contributed by atoms with Gasteiger partial charge in [-0.1, -0.05) is 0 Å². The van der Waals surface area contributed by atoms with Crippen LogP contribution in [-0.2, 0) is 0 Å². The van der Waals surface area contributed by atoms with Gasteiger partial charge in [-0.2, -0.15) is 4.37 Å². The molecule has 0 aliphatic carbocycles. The van der Waals surface area contributed by atoms with Crippen molar-refractivity contribution in [3.8, 4) is 0 Å². The largest absolute Gasteiger partial charge is 0.395 e. The molecule has 0 spiro atoms. The monoisotopic (exact) mass is 203 g/mol. The summed E-state index contributed by atoms with van der Waals surface area (Å²) in [5.41, 5.74) is 0.397. The molecule has 0 saturated heterocycles. The molecular weight excluding hydrogens is 194 g/mol. The van der Waals surface area contributed by atoms with Crippen molar-refractivity contribution < 1.29 is 10.0 Å². The Hall–Kier alpha value is -1.21. The smallest absolute Gasteiger partial charge is 0.326 e. The van der Waals surface area contributed by atoms with Crippen molar-refractivity contribution in [1.29, 1.82) is 0 Å². The number of aryl methyl sites for hydroxylation is 1. The third-order valence-electron chi connectivity index (χ3n) is 1.41. The number of nitro groups is 1. The van der Waals surface area contributed by atoms with Crippen molar-refractivity contribution in [2.75, 3.05) is 18.5 Å². The van der Waals surface area contributed by atoms with Crippen molar-refractivity contribution in [3.05, 3.63) is 15.8 Å². The Morgan fingerprint density at radius 3 is 3.00 bits per heavy atom. The molecule has 0 aromatic carbocycles. The standard InChI is InChI=1S/C6H9N3O3S/c1-4-5(9(11)12)6(13-8-4)7-2-3-10/h7,10H,2-3H2,1H3. The van der Waals surface area contributed by atoms with E-state index in [1.54, 1.807) is 6.92 Å². The Bertz CT molecular complexity index is 312. The number of aliphatic hydroxyl groups excluding tert-OH is 1. The quantitative estimate of drug-likeness (QED) is 0.557. The van der Waals surface area contributed by atoms with Gasteiger partial charge in [-0.15, -0.1) is 0 Å². The maximum Gasteiger partial charge on any atom is 0.326 e. The number of hydrogen-bond acceptors (Lipinski definition) is 6. The summed E-state index contributed by atoms with van der Waals surface area (Å²) in [7, 11) is 0. The summed E-state index contributed by atoms with van der Waals surface area (Å²) in [5, 5.41) is 22.2. The molecule has 0 unspecified atom stereocenters. The van der Waals surface area contributed by atoms with Gasteiger partial charge in [-0.3, -0.25) is 10.1 Å². The molecule has 0 aliphatic heterocycles. The molecule has 0 radical (unpaired) electrons. The van der Waals surface area contributed by atoms with E-state index < -0.39 is 4.92 Å². The predicted octanol–water partition coefficient (Wildman–Crippen LogP) is 0.764. The number of aromatic nitrogens is 1. The second-order valence-electron chi connectivity index (χ2n) is 2.35. The maximum absolute atomic E-state index is 10.5. The molecule has 7 heteroatoms. The van der Waals surface area contributed by atoms with Crippen molar-refractivity contribution in [2.24, 2.45) is 0 Å². The van der Waals surface area contributed by atoms with Crippen LogP contribution in [0.25, 0.3) is 0 Å². The van der Waals surface area contributed by atoms with Gasteiger partial charge in [0.05, 0.1) is 11.5 Å². The van der Waals surface area contributed by atoms with Crippen LogP contribution in [0.4, 0.5) is 10.7 Å². The average Bonchev–Trinajstić information content (AvgIpc) is 2.43. The van der Waals surface area contributed by atoms with E-state index in [-0.39, 0.29) is 12.3 Å². The first-order chi connectivity index (χ1) is 6.16. The van der Waals surface area contributed by atoms with Gasteiger partial charge >= 0.3 is 5.69 Å². The number of aliphatic hydroxyl groups is 1. The number of rotatable bonds is 4. The number of hydrogen-bond donors (Lipinski definition) is 2. The fourth-order valence-corrected chi connectivity index (χ4v) is 1.66. The SMILES string of the molecule is Cc1nsc(NCCO)c1[N+](=O)[O-]. The first kappa shape index (κ1) is 9.87. The molecule has 1 aromatic heterocycles. The van der Waals surface area contributed by atoms with Gasteiger partial charge in [0.25, 0.3) is 0 Å². The van der Waals surface area contributed by atoms with Crippen molar-refractivity contribution in [3.63, 3.8) is 0 Å². The molecule has 72 valence electrons. The van der Waals surface area contributed by atoms with E-state index in [4.69, 9.17) is 5.11 Å². The third kappa shape index (κ3) is 2.13. The molecule has 0 aliphatic rings. The average molecular weight is 203 g/mol. The van der Waals surface area contributed by atoms with E-state index in [1.165, 1.54) is 0 Å². The lowest BCUT2D eigenvalue weighted by atomic mass is 10.4. The Balaban J connectivity index is 2.87. The van der Waals surface area contributed by atoms with Gasteiger partial charge in [-0.25, -0.2) is 0 Å². The molecule has 0 amide bonds. The van der Waals surface area contributed by atoms with Gasteiger partial charge in [0, 0.05) is 6.54 Å². The van der Waals surface area contributed by atoms with Crippen LogP contribution >= 0.6 is 11.5 Å². The Labute approximate surface area is 78.5 Å². The van der Waals surface area contributed by atoms with Crippen LogP contribution in [0.1, 0.15) is 5.69 Å². The minimum Gasteiger partial charge on any atom is -0.395 e. The highest BCUT2D eigenvalue weighted by atomic mass is 32.1. The minimum atomic E-state index is -0.474. The Kier molecular flexibility index (Phi) is 3.15. The zero-order valence-electron chi connectivity index (χ0n) is 6.98. The van der Waals surface area contributed by atoms with Crippen molar-refractivity contribution in [2.45, 2.75) is 6.92 Å². The third-order valence-corrected chi connectivity index (χ3v) is 2.30. The van der Waals surface area contributed by atoms with Crippen LogP contribution in [0.5, 0.6) is 0 Å². The van der Waals surface area contributed by atoms with Crippen LogP contribution in [0, 0.1) is 17.0 Å². The lowest BCUT2D eigenvalue weighted by molar-refractivity contribution is -0.384. The number of nitrogens with zero attached hydrogens (tertiary/aromatic N) is 2. The molecule has 1 heterocycles. The Morgan fingerprint density at radius 2 is 2.46 bits per heavy atom. The van der Waals surface area contributed by atoms with Crippen LogP contribution in [0.2, 0.25) is 0 Å². The number of anilines is 1. The summed E-state index contributed by atoms with van der Waals surface area (Å²) in [4.78, 5) is 10.1. The highest BCUT2D eigenvalue weighted by Gasteiger charge is 2.20. The van der Waals surface area contributed by atoms with Crippen molar-refractivity contribution >= 4 is 22.2 Å². The van der Waals surface area contributed by atoms with Gasteiger partial charge in [0.2, 0.25) is 0 Å². The normalized spacial score (nSPS) is 10.0. The number of nitrogens with one attached hydrogen (secondary N) is 1. The Morgan fingerprint density at radius 1 is 1.77 bits per heavy atom. The summed E-state index contributed by atoms with van der Waals surface area (Å²) in [6, 6.07) is 0. The van der Waals surface area contributed by atoms with Crippen LogP contribution < -0.4 is 5.32 Å².